The van der Waals surface area contributed by atoms with E-state index >= 15 is 0 Å². The van der Waals surface area contributed by atoms with Crippen molar-refractivity contribution in [1.29, 1.82) is 0 Å². The number of ketones is 1. The number of allylic oxidation sites excluding steroid dienone is 2. The molecule has 0 spiro atoms. The Labute approximate surface area is 151 Å². The second kappa shape index (κ2) is 7.04. The summed E-state index contributed by atoms with van der Waals surface area (Å²) in [5.74, 6) is 1.50. The molecule has 0 saturated heterocycles. The van der Waals surface area contributed by atoms with Crippen LogP contribution in [0.25, 0.3) is 0 Å². The number of hydrogen-bond acceptors (Lipinski definition) is 5. The lowest BCUT2D eigenvalue weighted by Crippen LogP contribution is -2.19. The second-order valence-electron chi connectivity index (χ2n) is 6.46. The van der Waals surface area contributed by atoms with Crippen LogP contribution in [0, 0.1) is 0 Å². The number of ether oxygens (including phenoxy) is 2. The molecule has 0 fully saturated rings. The minimum Gasteiger partial charge on any atom is -0.511 e. The third-order valence-corrected chi connectivity index (χ3v) is 4.69. The van der Waals surface area contributed by atoms with Crippen LogP contribution in [0.5, 0.6) is 11.5 Å². The molecule has 0 radical (unpaired) electrons. The van der Waals surface area contributed by atoms with Gasteiger partial charge in [0.15, 0.2) is 17.3 Å². The van der Waals surface area contributed by atoms with Gasteiger partial charge >= 0.3 is 0 Å². The summed E-state index contributed by atoms with van der Waals surface area (Å²) >= 11 is 0. The minimum absolute atomic E-state index is 0.0229. The highest BCUT2D eigenvalue weighted by atomic mass is 16.7. The van der Waals surface area contributed by atoms with Gasteiger partial charge in [-0.1, -0.05) is 36.4 Å². The fourth-order valence-corrected chi connectivity index (χ4v) is 3.30. The van der Waals surface area contributed by atoms with Gasteiger partial charge in [0.2, 0.25) is 6.79 Å². The summed E-state index contributed by atoms with van der Waals surface area (Å²) < 4.78 is 10.6. The predicted octanol–water partition coefficient (Wildman–Crippen LogP) is 3.94. The molecule has 5 nitrogen and oxygen atoms in total. The van der Waals surface area contributed by atoms with Crippen molar-refractivity contribution in [3.63, 3.8) is 0 Å². The number of benzene rings is 2. The Morgan fingerprint density at radius 2 is 1.88 bits per heavy atom. The molecule has 0 bridgehead atoms. The Hall–Kier alpha value is -3.08. The molecule has 4 rings (SSSR count). The highest BCUT2D eigenvalue weighted by Crippen LogP contribution is 2.34. The van der Waals surface area contributed by atoms with Gasteiger partial charge in [-0.25, -0.2) is 0 Å². The quantitative estimate of drug-likeness (QED) is 0.849. The van der Waals surface area contributed by atoms with Gasteiger partial charge < -0.3 is 14.6 Å². The molecular formula is C21H19NO4. The molecule has 1 unspecified atom stereocenters. The molecule has 132 valence electrons. The van der Waals surface area contributed by atoms with Crippen LogP contribution in [-0.4, -0.2) is 23.9 Å². The van der Waals surface area contributed by atoms with E-state index in [1.165, 1.54) is 6.21 Å². The molecule has 2 aliphatic rings. The number of hydrogen-bond donors (Lipinski definition) is 1. The van der Waals surface area contributed by atoms with Crippen molar-refractivity contribution >= 4 is 12.0 Å². The fourth-order valence-electron chi connectivity index (χ4n) is 3.30. The van der Waals surface area contributed by atoms with Crippen molar-refractivity contribution in [2.45, 2.75) is 25.3 Å². The predicted molar refractivity (Wildman–Crippen MR) is 97.8 cm³/mol. The van der Waals surface area contributed by atoms with E-state index in [0.29, 0.717) is 30.7 Å². The van der Waals surface area contributed by atoms with Crippen LogP contribution in [0.3, 0.4) is 0 Å². The van der Waals surface area contributed by atoms with Crippen LogP contribution >= 0.6 is 0 Å². The van der Waals surface area contributed by atoms with Crippen molar-refractivity contribution < 1.29 is 19.4 Å². The van der Waals surface area contributed by atoms with E-state index in [-0.39, 0.29) is 24.3 Å². The molecule has 2 aromatic carbocycles. The lowest BCUT2D eigenvalue weighted by atomic mass is 9.83. The van der Waals surface area contributed by atoms with Gasteiger partial charge in [-0.05, 0) is 29.2 Å². The smallest absolute Gasteiger partial charge is 0.231 e. The summed E-state index contributed by atoms with van der Waals surface area (Å²) in [5.41, 5.74) is 2.35. The summed E-state index contributed by atoms with van der Waals surface area (Å²) in [7, 11) is 0. The Morgan fingerprint density at radius 3 is 2.69 bits per heavy atom. The maximum Gasteiger partial charge on any atom is 0.231 e. The summed E-state index contributed by atoms with van der Waals surface area (Å²) in [6.07, 6.45) is 2.34. The van der Waals surface area contributed by atoms with Crippen molar-refractivity contribution in [1.82, 2.24) is 0 Å². The number of aliphatic imine (C=N–C) groups is 1. The molecule has 1 aliphatic heterocycles. The van der Waals surface area contributed by atoms with Crippen LogP contribution in [0.1, 0.15) is 29.9 Å². The largest absolute Gasteiger partial charge is 0.511 e. The first-order valence-electron chi connectivity index (χ1n) is 8.59. The Balaban J connectivity index is 1.45. The number of aliphatic hydroxyl groups excluding tert-OH is 1. The van der Waals surface area contributed by atoms with Crippen molar-refractivity contribution in [2.75, 3.05) is 6.79 Å². The molecule has 1 atom stereocenters. The number of rotatable bonds is 4. The number of nitrogens with zero attached hydrogens (tertiary/aromatic N) is 1. The molecule has 2 aromatic rings. The van der Waals surface area contributed by atoms with Gasteiger partial charge in [0, 0.05) is 19.1 Å². The van der Waals surface area contributed by atoms with Crippen LogP contribution in [0.2, 0.25) is 0 Å². The zero-order valence-electron chi connectivity index (χ0n) is 14.2. The summed E-state index contributed by atoms with van der Waals surface area (Å²) in [5, 5.41) is 10.3. The maximum absolute atomic E-state index is 12.4. The van der Waals surface area contributed by atoms with Crippen LogP contribution < -0.4 is 9.47 Å². The summed E-state index contributed by atoms with van der Waals surface area (Å²) in [4.78, 5) is 16.8. The normalized spacial score (nSPS) is 19.4. The third-order valence-electron chi connectivity index (χ3n) is 4.69. The van der Waals surface area contributed by atoms with E-state index in [2.05, 4.69) is 4.99 Å². The van der Waals surface area contributed by atoms with Crippen LogP contribution in [-0.2, 0) is 11.3 Å². The molecule has 0 aromatic heterocycles. The standard InChI is InChI=1S/C21H19NO4/c23-18-9-16(15-4-2-1-3-5-15)10-19(24)17(18)12-22-11-14-6-7-20-21(8-14)26-13-25-20/h1-8,12,16,23H,9-11,13H2. The molecule has 1 N–H and O–H groups in total. The van der Waals surface area contributed by atoms with E-state index in [0.717, 1.165) is 16.9 Å². The van der Waals surface area contributed by atoms with Crippen molar-refractivity contribution in [3.8, 4) is 11.5 Å². The summed E-state index contributed by atoms with van der Waals surface area (Å²) in [6, 6.07) is 15.5. The fraction of sp³-hybridized carbons (Fsp3) is 0.238. The van der Waals surface area contributed by atoms with Crippen molar-refractivity contribution in [2.24, 2.45) is 4.99 Å². The van der Waals surface area contributed by atoms with Gasteiger partial charge in [0.1, 0.15) is 5.76 Å². The first kappa shape index (κ1) is 16.4. The van der Waals surface area contributed by atoms with Gasteiger partial charge in [-0.2, -0.15) is 0 Å². The molecule has 0 saturated carbocycles. The lowest BCUT2D eigenvalue weighted by Gasteiger charge is -2.22. The zero-order valence-corrected chi connectivity index (χ0v) is 14.2. The molecular weight excluding hydrogens is 330 g/mol. The number of Topliss-reactive ketones (excluding diaryl/α,β-unsaturated/α-hetero) is 1. The van der Waals surface area contributed by atoms with Crippen molar-refractivity contribution in [3.05, 3.63) is 71.0 Å². The van der Waals surface area contributed by atoms with Crippen LogP contribution in [0.4, 0.5) is 0 Å². The van der Waals surface area contributed by atoms with E-state index in [4.69, 9.17) is 9.47 Å². The average molecular weight is 349 g/mol. The molecule has 5 heteroatoms. The first-order valence-corrected chi connectivity index (χ1v) is 8.59. The maximum atomic E-state index is 12.4. The monoisotopic (exact) mass is 349 g/mol. The van der Waals surface area contributed by atoms with E-state index in [9.17, 15) is 9.90 Å². The molecule has 1 heterocycles. The van der Waals surface area contributed by atoms with Gasteiger partial charge in [-0.3, -0.25) is 9.79 Å². The second-order valence-corrected chi connectivity index (χ2v) is 6.46. The highest BCUT2D eigenvalue weighted by molar-refractivity contribution is 6.14. The van der Waals surface area contributed by atoms with E-state index < -0.39 is 0 Å². The third kappa shape index (κ3) is 3.33. The Kier molecular flexibility index (Phi) is 4.44. The Morgan fingerprint density at radius 1 is 1.08 bits per heavy atom. The lowest BCUT2D eigenvalue weighted by molar-refractivity contribution is -0.116. The topological polar surface area (TPSA) is 68.1 Å². The Bertz CT molecular complexity index is 886. The van der Waals surface area contributed by atoms with Crippen LogP contribution in [0.15, 0.2) is 64.9 Å². The van der Waals surface area contributed by atoms with Gasteiger partial charge in [-0.15, -0.1) is 0 Å². The van der Waals surface area contributed by atoms with E-state index in [1.807, 2.05) is 48.5 Å². The average Bonchev–Trinajstić information content (AvgIpc) is 3.12. The molecule has 0 amide bonds. The number of carbonyl (C=O) groups excluding carboxylic acids is 1. The van der Waals surface area contributed by atoms with Gasteiger partial charge in [0.25, 0.3) is 0 Å². The first-order chi connectivity index (χ1) is 12.7. The minimum atomic E-state index is -0.0722. The van der Waals surface area contributed by atoms with Gasteiger partial charge in [0.05, 0.1) is 12.1 Å². The molecule has 26 heavy (non-hydrogen) atoms. The molecule has 1 aliphatic carbocycles. The number of carbonyl (C=O) groups is 1. The number of aliphatic hydroxyl groups is 1. The van der Waals surface area contributed by atoms with E-state index in [1.54, 1.807) is 0 Å². The summed E-state index contributed by atoms with van der Waals surface area (Å²) in [6.45, 7) is 0.642. The SMILES string of the molecule is O=C1CC(c2ccccc2)CC(O)=C1C=NCc1ccc2c(c1)OCO2. The highest BCUT2D eigenvalue weighted by Gasteiger charge is 2.27. The zero-order chi connectivity index (χ0) is 17.9. The number of fused-ring (bicyclic) bond motifs is 1.